The van der Waals surface area contributed by atoms with Gasteiger partial charge in [-0.1, -0.05) is 6.92 Å². The van der Waals surface area contributed by atoms with Gasteiger partial charge < -0.3 is 15.5 Å². The molecule has 0 radical (unpaired) electrons. The van der Waals surface area contributed by atoms with Gasteiger partial charge in [0.05, 0.1) is 0 Å². The second kappa shape index (κ2) is 5.97. The highest BCUT2D eigenvalue weighted by Crippen LogP contribution is 2.27. The molecule has 0 aliphatic heterocycles. The van der Waals surface area contributed by atoms with E-state index in [1.165, 1.54) is 19.3 Å². The van der Waals surface area contributed by atoms with Crippen LogP contribution >= 0.6 is 0 Å². The number of nitrogen functional groups attached to an aromatic ring is 1. The molecular weight excluding hydrogens is 230 g/mol. The van der Waals surface area contributed by atoms with Gasteiger partial charge in [-0.15, -0.1) is 0 Å². The number of hydrogen-bond donors (Lipinski definition) is 3. The fraction of sp³-hybridized carbons (Fsp3) is 0.667. The Balaban J connectivity index is 2.08. The first-order valence-electron chi connectivity index (χ1n) is 6.31. The summed E-state index contributed by atoms with van der Waals surface area (Å²) in [6.07, 6.45) is 3.65. The second-order valence-electron chi connectivity index (χ2n) is 4.89. The number of methoxy groups -OCH3 is 1. The predicted octanol–water partition coefficient (Wildman–Crippen LogP) is 1.51. The maximum absolute atomic E-state index is 5.41. The lowest BCUT2D eigenvalue weighted by molar-refractivity contribution is 0.178. The first kappa shape index (κ1) is 13.0. The van der Waals surface area contributed by atoms with Gasteiger partial charge in [0.15, 0.2) is 5.82 Å². The molecule has 0 spiro atoms. The molecule has 2 atom stereocenters. The lowest BCUT2D eigenvalue weighted by atomic mass is 10.1. The van der Waals surface area contributed by atoms with E-state index in [0.29, 0.717) is 24.3 Å². The number of nitrogens with one attached hydrogen (secondary N) is 2. The Kier molecular flexibility index (Phi) is 4.33. The van der Waals surface area contributed by atoms with Crippen LogP contribution in [-0.4, -0.2) is 23.1 Å². The smallest absolute Gasteiger partial charge is 0.158 e. The monoisotopic (exact) mass is 251 g/mol. The van der Waals surface area contributed by atoms with E-state index in [0.717, 1.165) is 11.7 Å². The summed E-state index contributed by atoms with van der Waals surface area (Å²) in [5.74, 6) is 8.23. The molecule has 1 aliphatic carbocycles. The van der Waals surface area contributed by atoms with Gasteiger partial charge in [0.1, 0.15) is 18.2 Å². The first-order valence-corrected chi connectivity index (χ1v) is 6.31. The van der Waals surface area contributed by atoms with Gasteiger partial charge in [0.25, 0.3) is 0 Å². The summed E-state index contributed by atoms with van der Waals surface area (Å²) < 4.78 is 5.05. The molecule has 0 bridgehead atoms. The van der Waals surface area contributed by atoms with Crippen LogP contribution in [0.3, 0.4) is 0 Å². The van der Waals surface area contributed by atoms with Crippen molar-refractivity contribution in [3.8, 4) is 0 Å². The Labute approximate surface area is 107 Å². The van der Waals surface area contributed by atoms with Gasteiger partial charge >= 0.3 is 0 Å². The number of hydrazine groups is 1. The van der Waals surface area contributed by atoms with E-state index in [4.69, 9.17) is 10.6 Å². The standard InChI is InChI=1S/C12H21N5O/c1-8-3-4-9(5-8)14-10-6-11(17-13)16-12(15-10)7-18-2/h6,8-9H,3-5,7,13H2,1-2H3,(H2,14,15,16,17). The summed E-state index contributed by atoms with van der Waals surface area (Å²) in [6.45, 7) is 2.66. The molecule has 1 aromatic heterocycles. The summed E-state index contributed by atoms with van der Waals surface area (Å²) in [7, 11) is 1.62. The molecule has 6 nitrogen and oxygen atoms in total. The zero-order chi connectivity index (χ0) is 13.0. The number of anilines is 2. The molecule has 18 heavy (non-hydrogen) atoms. The number of nitrogens with zero attached hydrogens (tertiary/aromatic N) is 2. The number of ether oxygens (including phenoxy) is 1. The van der Waals surface area contributed by atoms with Crippen LogP contribution in [0.5, 0.6) is 0 Å². The van der Waals surface area contributed by atoms with Gasteiger partial charge in [0, 0.05) is 19.2 Å². The van der Waals surface area contributed by atoms with E-state index >= 15 is 0 Å². The fourth-order valence-electron chi connectivity index (χ4n) is 2.39. The summed E-state index contributed by atoms with van der Waals surface area (Å²) in [6, 6.07) is 2.32. The molecule has 2 unspecified atom stereocenters. The van der Waals surface area contributed by atoms with Crippen LogP contribution in [-0.2, 0) is 11.3 Å². The van der Waals surface area contributed by atoms with Crippen LogP contribution in [0.1, 0.15) is 32.0 Å². The second-order valence-corrected chi connectivity index (χ2v) is 4.89. The molecule has 1 aromatic rings. The van der Waals surface area contributed by atoms with E-state index in [-0.39, 0.29) is 0 Å². The van der Waals surface area contributed by atoms with Gasteiger partial charge in [-0.3, -0.25) is 0 Å². The Morgan fingerprint density at radius 1 is 1.39 bits per heavy atom. The lowest BCUT2D eigenvalue weighted by Gasteiger charge is -2.14. The Morgan fingerprint density at radius 2 is 2.17 bits per heavy atom. The third-order valence-electron chi connectivity index (χ3n) is 3.24. The highest BCUT2D eigenvalue weighted by atomic mass is 16.5. The Bertz CT molecular complexity index is 398. The molecule has 1 heterocycles. The van der Waals surface area contributed by atoms with E-state index in [2.05, 4.69) is 27.6 Å². The molecular formula is C12H21N5O. The first-order chi connectivity index (χ1) is 8.71. The highest BCUT2D eigenvalue weighted by molar-refractivity contribution is 5.47. The summed E-state index contributed by atoms with van der Waals surface area (Å²) in [5, 5.41) is 3.44. The quantitative estimate of drug-likeness (QED) is 0.543. The minimum Gasteiger partial charge on any atom is -0.377 e. The van der Waals surface area contributed by atoms with E-state index in [9.17, 15) is 0 Å². The molecule has 1 fully saturated rings. The van der Waals surface area contributed by atoms with Crippen LogP contribution in [0.2, 0.25) is 0 Å². The van der Waals surface area contributed by atoms with Crippen LogP contribution in [0, 0.1) is 5.92 Å². The van der Waals surface area contributed by atoms with Crippen molar-refractivity contribution in [2.24, 2.45) is 11.8 Å². The lowest BCUT2D eigenvalue weighted by Crippen LogP contribution is -2.18. The van der Waals surface area contributed by atoms with Crippen molar-refractivity contribution >= 4 is 11.6 Å². The zero-order valence-corrected chi connectivity index (χ0v) is 10.9. The molecule has 0 amide bonds. The highest BCUT2D eigenvalue weighted by Gasteiger charge is 2.21. The van der Waals surface area contributed by atoms with Crippen LogP contribution < -0.4 is 16.6 Å². The van der Waals surface area contributed by atoms with Gasteiger partial charge in [0.2, 0.25) is 0 Å². The minimum absolute atomic E-state index is 0.380. The molecule has 100 valence electrons. The maximum atomic E-state index is 5.41. The van der Waals surface area contributed by atoms with E-state index in [1.807, 2.05) is 6.07 Å². The van der Waals surface area contributed by atoms with Crippen LogP contribution in [0.4, 0.5) is 11.6 Å². The van der Waals surface area contributed by atoms with Crippen molar-refractivity contribution in [2.75, 3.05) is 17.9 Å². The van der Waals surface area contributed by atoms with E-state index in [1.54, 1.807) is 7.11 Å². The largest absolute Gasteiger partial charge is 0.377 e. The molecule has 4 N–H and O–H groups in total. The van der Waals surface area contributed by atoms with Crippen molar-refractivity contribution < 1.29 is 4.74 Å². The van der Waals surface area contributed by atoms with Crippen LogP contribution in [0.15, 0.2) is 6.07 Å². The third-order valence-corrected chi connectivity index (χ3v) is 3.24. The predicted molar refractivity (Wildman–Crippen MR) is 71.0 cm³/mol. The molecule has 6 heteroatoms. The van der Waals surface area contributed by atoms with Gasteiger partial charge in [-0.2, -0.15) is 0 Å². The van der Waals surface area contributed by atoms with Crippen molar-refractivity contribution in [1.29, 1.82) is 0 Å². The Morgan fingerprint density at radius 3 is 2.78 bits per heavy atom. The maximum Gasteiger partial charge on any atom is 0.158 e. The minimum atomic E-state index is 0.380. The SMILES string of the molecule is COCc1nc(NN)cc(NC2CCC(C)C2)n1. The summed E-state index contributed by atoms with van der Waals surface area (Å²) >= 11 is 0. The third kappa shape index (κ3) is 3.30. The average Bonchev–Trinajstić information content (AvgIpc) is 2.75. The van der Waals surface area contributed by atoms with Crippen LogP contribution in [0.25, 0.3) is 0 Å². The molecule has 0 aromatic carbocycles. The van der Waals surface area contributed by atoms with E-state index < -0.39 is 0 Å². The normalized spacial score (nSPS) is 23.1. The molecule has 1 aliphatic rings. The Hall–Kier alpha value is -1.40. The fourth-order valence-corrected chi connectivity index (χ4v) is 2.39. The number of hydrogen-bond acceptors (Lipinski definition) is 6. The summed E-state index contributed by atoms with van der Waals surface area (Å²) in [4.78, 5) is 8.64. The van der Waals surface area contributed by atoms with Crippen molar-refractivity contribution in [1.82, 2.24) is 9.97 Å². The molecule has 0 saturated heterocycles. The zero-order valence-electron chi connectivity index (χ0n) is 10.9. The molecule has 1 saturated carbocycles. The average molecular weight is 251 g/mol. The van der Waals surface area contributed by atoms with Crippen molar-refractivity contribution in [2.45, 2.75) is 38.8 Å². The van der Waals surface area contributed by atoms with Gasteiger partial charge in [-0.05, 0) is 25.2 Å². The molecule has 2 rings (SSSR count). The number of aromatic nitrogens is 2. The number of rotatable bonds is 5. The number of nitrogens with two attached hydrogens (primary N) is 1. The topological polar surface area (TPSA) is 85.1 Å². The van der Waals surface area contributed by atoms with Crippen molar-refractivity contribution in [3.63, 3.8) is 0 Å². The van der Waals surface area contributed by atoms with Gasteiger partial charge in [-0.25, -0.2) is 15.8 Å². The van der Waals surface area contributed by atoms with Crippen molar-refractivity contribution in [3.05, 3.63) is 11.9 Å². The summed E-state index contributed by atoms with van der Waals surface area (Å²) in [5.41, 5.74) is 2.55.